The van der Waals surface area contributed by atoms with Crippen LogP contribution in [0.25, 0.3) is 6.08 Å². The number of rotatable bonds is 5. The molecule has 3 rings (SSSR count). The Labute approximate surface area is 166 Å². The summed E-state index contributed by atoms with van der Waals surface area (Å²) in [6, 6.07) is 11.9. The Hall–Kier alpha value is -2.94. The summed E-state index contributed by atoms with van der Waals surface area (Å²) < 4.78 is 5.30. The molecule has 0 spiro atoms. The molecule has 1 N–H and O–H groups in total. The number of hydrogen-bond donors (Lipinski definition) is 1. The standard InChI is InChI=1S/C20H14Cl2N2O3/c1-2-8-27-18-15(21)9-14(10-16(18)22)11-17-19(25)24(20(26)23-17)12-13-6-4-3-5-7-13/h1,3-7,9-11H,8,12H2,(H,23,26)/b17-11+. The SMILES string of the molecule is C#CCOc1c(Cl)cc(/C=C2/NC(=O)N(Cc3ccccc3)C2=O)cc1Cl. The molecule has 2 aromatic rings. The second-order valence-corrected chi connectivity index (χ2v) is 6.49. The lowest BCUT2D eigenvalue weighted by molar-refractivity contribution is -0.123. The third kappa shape index (κ3) is 4.25. The maximum atomic E-state index is 12.6. The van der Waals surface area contributed by atoms with Gasteiger partial charge in [0.1, 0.15) is 12.3 Å². The topological polar surface area (TPSA) is 58.6 Å². The Morgan fingerprint density at radius 3 is 2.44 bits per heavy atom. The van der Waals surface area contributed by atoms with Gasteiger partial charge in [0.25, 0.3) is 5.91 Å². The molecule has 2 aromatic carbocycles. The van der Waals surface area contributed by atoms with E-state index in [1.54, 1.807) is 12.1 Å². The van der Waals surface area contributed by atoms with Crippen LogP contribution in [0.1, 0.15) is 11.1 Å². The Bertz CT molecular complexity index is 942. The molecule has 0 radical (unpaired) electrons. The summed E-state index contributed by atoms with van der Waals surface area (Å²) in [5.74, 6) is 2.17. The lowest BCUT2D eigenvalue weighted by atomic mass is 10.1. The Morgan fingerprint density at radius 1 is 1.15 bits per heavy atom. The van der Waals surface area contributed by atoms with E-state index in [1.807, 2.05) is 30.3 Å². The molecule has 27 heavy (non-hydrogen) atoms. The molecule has 1 aliphatic rings. The van der Waals surface area contributed by atoms with Crippen LogP contribution in [-0.2, 0) is 11.3 Å². The lowest BCUT2D eigenvalue weighted by Crippen LogP contribution is -2.30. The van der Waals surface area contributed by atoms with Crippen LogP contribution in [0.4, 0.5) is 4.79 Å². The number of imide groups is 1. The average Bonchev–Trinajstić information content (AvgIpc) is 2.89. The maximum absolute atomic E-state index is 12.6. The summed E-state index contributed by atoms with van der Waals surface area (Å²) in [7, 11) is 0. The van der Waals surface area contributed by atoms with Crippen molar-refractivity contribution in [1.82, 2.24) is 10.2 Å². The van der Waals surface area contributed by atoms with Crippen LogP contribution in [-0.4, -0.2) is 23.4 Å². The van der Waals surface area contributed by atoms with Gasteiger partial charge in [0.05, 0.1) is 16.6 Å². The van der Waals surface area contributed by atoms with Gasteiger partial charge in [-0.05, 0) is 29.3 Å². The van der Waals surface area contributed by atoms with Gasteiger partial charge in [-0.25, -0.2) is 4.79 Å². The number of amides is 3. The minimum atomic E-state index is -0.485. The Balaban J connectivity index is 1.82. The number of carbonyl (C=O) groups excluding carboxylic acids is 2. The van der Waals surface area contributed by atoms with Crippen LogP contribution >= 0.6 is 23.2 Å². The molecule has 3 amide bonds. The van der Waals surface area contributed by atoms with E-state index in [2.05, 4.69) is 11.2 Å². The maximum Gasteiger partial charge on any atom is 0.329 e. The van der Waals surface area contributed by atoms with Gasteiger partial charge in [0.2, 0.25) is 0 Å². The molecule has 0 saturated carbocycles. The molecule has 136 valence electrons. The van der Waals surface area contributed by atoms with Gasteiger partial charge < -0.3 is 10.1 Å². The van der Waals surface area contributed by atoms with Gasteiger partial charge in [0.15, 0.2) is 5.75 Å². The number of benzene rings is 2. The fourth-order valence-electron chi connectivity index (χ4n) is 2.56. The van der Waals surface area contributed by atoms with Crippen molar-refractivity contribution >= 4 is 41.2 Å². The quantitative estimate of drug-likeness (QED) is 0.466. The number of ether oxygens (including phenoxy) is 1. The molecular formula is C20H14Cl2N2O3. The first kappa shape index (κ1) is 18.8. The molecule has 7 heteroatoms. The number of nitrogens with one attached hydrogen (secondary N) is 1. The molecule has 1 aliphatic heterocycles. The van der Waals surface area contributed by atoms with Gasteiger partial charge >= 0.3 is 6.03 Å². The lowest BCUT2D eigenvalue weighted by Gasteiger charge is -2.11. The summed E-state index contributed by atoms with van der Waals surface area (Å²) in [6.45, 7) is 0.214. The first-order valence-corrected chi connectivity index (χ1v) is 8.69. The molecular weight excluding hydrogens is 387 g/mol. The van der Waals surface area contributed by atoms with E-state index in [-0.39, 0.29) is 34.6 Å². The molecule has 0 atom stereocenters. The van der Waals surface area contributed by atoms with E-state index in [0.29, 0.717) is 5.56 Å². The molecule has 0 bridgehead atoms. The van der Waals surface area contributed by atoms with Crippen molar-refractivity contribution in [2.75, 3.05) is 6.61 Å². The summed E-state index contributed by atoms with van der Waals surface area (Å²) in [5, 5.41) is 3.07. The average molecular weight is 401 g/mol. The number of carbonyl (C=O) groups is 2. The van der Waals surface area contributed by atoms with Gasteiger partial charge in [0, 0.05) is 0 Å². The summed E-state index contributed by atoms with van der Waals surface area (Å²) >= 11 is 12.3. The number of urea groups is 1. The summed E-state index contributed by atoms with van der Waals surface area (Å²) in [6.07, 6.45) is 6.67. The molecule has 0 aromatic heterocycles. The third-order valence-corrected chi connectivity index (χ3v) is 4.34. The molecule has 1 saturated heterocycles. The minimum Gasteiger partial charge on any atom is -0.478 e. The molecule has 1 heterocycles. The second kappa shape index (κ2) is 8.17. The largest absolute Gasteiger partial charge is 0.478 e. The van der Waals surface area contributed by atoms with Gasteiger partial charge in [-0.1, -0.05) is 59.5 Å². The van der Waals surface area contributed by atoms with Gasteiger partial charge in [-0.15, -0.1) is 6.42 Å². The Morgan fingerprint density at radius 2 is 1.81 bits per heavy atom. The fraction of sp³-hybridized carbons (Fsp3) is 0.100. The first-order valence-electron chi connectivity index (χ1n) is 7.93. The second-order valence-electron chi connectivity index (χ2n) is 5.67. The van der Waals surface area contributed by atoms with Crippen molar-refractivity contribution in [3.8, 4) is 18.1 Å². The zero-order valence-electron chi connectivity index (χ0n) is 14.0. The predicted octanol–water partition coefficient (Wildman–Crippen LogP) is 4.10. The van der Waals surface area contributed by atoms with Crippen LogP contribution in [0.3, 0.4) is 0 Å². The third-order valence-electron chi connectivity index (χ3n) is 3.78. The molecule has 0 aliphatic carbocycles. The predicted molar refractivity (Wildman–Crippen MR) is 104 cm³/mol. The Kier molecular flexibility index (Phi) is 5.70. The molecule has 5 nitrogen and oxygen atoms in total. The van der Waals surface area contributed by atoms with Gasteiger partial charge in [-0.2, -0.15) is 0 Å². The van der Waals surface area contributed by atoms with Crippen LogP contribution < -0.4 is 10.1 Å². The van der Waals surface area contributed by atoms with E-state index < -0.39 is 11.9 Å². The highest BCUT2D eigenvalue weighted by molar-refractivity contribution is 6.37. The van der Waals surface area contributed by atoms with Gasteiger partial charge in [-0.3, -0.25) is 9.69 Å². The van der Waals surface area contributed by atoms with Crippen LogP contribution in [0.5, 0.6) is 5.75 Å². The summed E-state index contributed by atoms with van der Waals surface area (Å²) in [4.78, 5) is 25.9. The van der Waals surface area contributed by atoms with Crippen molar-refractivity contribution in [1.29, 1.82) is 0 Å². The monoisotopic (exact) mass is 400 g/mol. The van der Waals surface area contributed by atoms with Crippen molar-refractivity contribution in [3.63, 3.8) is 0 Å². The summed E-state index contributed by atoms with van der Waals surface area (Å²) in [5.41, 5.74) is 1.53. The molecule has 1 fully saturated rings. The zero-order valence-corrected chi connectivity index (χ0v) is 15.6. The van der Waals surface area contributed by atoms with E-state index in [1.165, 1.54) is 6.08 Å². The van der Waals surface area contributed by atoms with E-state index in [0.717, 1.165) is 10.5 Å². The van der Waals surface area contributed by atoms with Crippen molar-refractivity contribution in [3.05, 3.63) is 69.3 Å². The number of hydrogen-bond acceptors (Lipinski definition) is 3. The van der Waals surface area contributed by atoms with Crippen molar-refractivity contribution in [2.45, 2.75) is 6.54 Å². The minimum absolute atomic E-state index is 0.0306. The first-order chi connectivity index (χ1) is 13.0. The van der Waals surface area contributed by atoms with Crippen LogP contribution in [0, 0.1) is 12.3 Å². The van der Waals surface area contributed by atoms with E-state index >= 15 is 0 Å². The highest BCUT2D eigenvalue weighted by Gasteiger charge is 2.33. The van der Waals surface area contributed by atoms with Crippen molar-refractivity contribution < 1.29 is 14.3 Å². The van der Waals surface area contributed by atoms with E-state index in [9.17, 15) is 9.59 Å². The number of nitrogens with zero attached hydrogens (tertiary/aromatic N) is 1. The van der Waals surface area contributed by atoms with Crippen molar-refractivity contribution in [2.24, 2.45) is 0 Å². The van der Waals surface area contributed by atoms with E-state index in [4.69, 9.17) is 34.4 Å². The van der Waals surface area contributed by atoms with Crippen LogP contribution in [0.2, 0.25) is 10.0 Å². The smallest absolute Gasteiger partial charge is 0.329 e. The normalized spacial score (nSPS) is 15.0. The highest BCUT2D eigenvalue weighted by atomic mass is 35.5. The zero-order chi connectivity index (χ0) is 19.4. The fourth-order valence-corrected chi connectivity index (χ4v) is 3.18. The number of halogens is 2. The van der Waals surface area contributed by atoms with Crippen LogP contribution in [0.15, 0.2) is 48.2 Å². The molecule has 0 unspecified atom stereocenters. The number of terminal acetylenes is 1. The highest BCUT2D eigenvalue weighted by Crippen LogP contribution is 2.35.